The summed E-state index contributed by atoms with van der Waals surface area (Å²) in [6.45, 7) is 10.1. The summed E-state index contributed by atoms with van der Waals surface area (Å²) >= 11 is 0. The van der Waals surface area contributed by atoms with Gasteiger partial charge in [0.2, 0.25) is 11.8 Å². The third-order valence-corrected chi connectivity index (χ3v) is 5.81. The van der Waals surface area contributed by atoms with Gasteiger partial charge in [0.15, 0.2) is 0 Å². The Morgan fingerprint density at radius 3 is 2.73 bits per heavy atom. The standard InChI is InChI=1S/C21H27N3O2/c1-13-6-5-7-15-16-12-23(9-8-17(16)22-19(13)15)20(26)14-10-18(25)24(11-14)21(2,3)4/h5-7,14,22H,8-12H2,1-4H3/t14-/m0/s1. The lowest BCUT2D eigenvalue weighted by Crippen LogP contribution is -2.44. The summed E-state index contributed by atoms with van der Waals surface area (Å²) in [4.78, 5) is 32.8. The van der Waals surface area contributed by atoms with E-state index in [2.05, 4.69) is 30.1 Å². The predicted octanol–water partition coefficient (Wildman–Crippen LogP) is 3.01. The number of para-hydroxylation sites is 1. The second-order valence-corrected chi connectivity index (χ2v) is 8.67. The molecule has 0 spiro atoms. The average molecular weight is 353 g/mol. The molecule has 3 heterocycles. The number of hydrogen-bond acceptors (Lipinski definition) is 2. The quantitative estimate of drug-likeness (QED) is 0.857. The predicted molar refractivity (Wildman–Crippen MR) is 102 cm³/mol. The summed E-state index contributed by atoms with van der Waals surface area (Å²) in [5.41, 5.74) is 4.67. The van der Waals surface area contributed by atoms with E-state index < -0.39 is 0 Å². The van der Waals surface area contributed by atoms with Gasteiger partial charge in [0.05, 0.1) is 5.92 Å². The number of nitrogens with one attached hydrogen (secondary N) is 1. The zero-order valence-electron chi connectivity index (χ0n) is 16.1. The smallest absolute Gasteiger partial charge is 0.228 e. The van der Waals surface area contributed by atoms with Crippen LogP contribution < -0.4 is 0 Å². The Kier molecular flexibility index (Phi) is 3.86. The monoisotopic (exact) mass is 353 g/mol. The van der Waals surface area contributed by atoms with Crippen LogP contribution in [0.1, 0.15) is 44.0 Å². The van der Waals surface area contributed by atoms with Crippen molar-refractivity contribution in [2.24, 2.45) is 5.92 Å². The van der Waals surface area contributed by atoms with Gasteiger partial charge in [0.25, 0.3) is 0 Å². The molecule has 5 heteroatoms. The molecule has 2 aliphatic heterocycles. The first-order valence-corrected chi connectivity index (χ1v) is 9.44. The van der Waals surface area contributed by atoms with Crippen molar-refractivity contribution in [2.75, 3.05) is 13.1 Å². The Labute approximate surface area is 154 Å². The number of aryl methyl sites for hydroxylation is 1. The second-order valence-electron chi connectivity index (χ2n) is 8.67. The molecule has 1 fully saturated rings. The number of carbonyl (C=O) groups excluding carboxylic acids is 2. The number of benzene rings is 1. The maximum absolute atomic E-state index is 13.1. The number of fused-ring (bicyclic) bond motifs is 3. The van der Waals surface area contributed by atoms with Crippen LogP contribution in [0.15, 0.2) is 18.2 Å². The van der Waals surface area contributed by atoms with Crippen LogP contribution in [0.4, 0.5) is 0 Å². The van der Waals surface area contributed by atoms with Crippen LogP contribution in [0.2, 0.25) is 0 Å². The maximum Gasteiger partial charge on any atom is 0.228 e. The molecule has 0 bridgehead atoms. The van der Waals surface area contributed by atoms with Crippen LogP contribution in [-0.4, -0.2) is 45.2 Å². The van der Waals surface area contributed by atoms with Crippen LogP contribution in [0, 0.1) is 12.8 Å². The fourth-order valence-electron chi connectivity index (χ4n) is 4.35. The van der Waals surface area contributed by atoms with Gasteiger partial charge in [-0.1, -0.05) is 18.2 Å². The molecule has 2 aromatic rings. The Morgan fingerprint density at radius 1 is 1.27 bits per heavy atom. The van der Waals surface area contributed by atoms with E-state index in [-0.39, 0.29) is 23.3 Å². The maximum atomic E-state index is 13.1. The molecule has 1 N–H and O–H groups in total. The van der Waals surface area contributed by atoms with Gasteiger partial charge in [-0.25, -0.2) is 0 Å². The topological polar surface area (TPSA) is 56.4 Å². The summed E-state index contributed by atoms with van der Waals surface area (Å²) in [6, 6.07) is 6.31. The minimum absolute atomic E-state index is 0.0938. The largest absolute Gasteiger partial charge is 0.358 e. The van der Waals surface area contributed by atoms with Crippen molar-refractivity contribution in [1.82, 2.24) is 14.8 Å². The number of carbonyl (C=O) groups is 2. The van der Waals surface area contributed by atoms with Crippen molar-refractivity contribution in [1.29, 1.82) is 0 Å². The van der Waals surface area contributed by atoms with Crippen molar-refractivity contribution in [3.8, 4) is 0 Å². The molecule has 2 amide bonds. The Balaban J connectivity index is 1.56. The highest BCUT2D eigenvalue weighted by atomic mass is 16.2. The third-order valence-electron chi connectivity index (χ3n) is 5.81. The van der Waals surface area contributed by atoms with Gasteiger partial charge in [-0.3, -0.25) is 9.59 Å². The van der Waals surface area contributed by atoms with Gasteiger partial charge in [-0.05, 0) is 33.3 Å². The molecule has 2 aliphatic rings. The molecule has 5 nitrogen and oxygen atoms in total. The van der Waals surface area contributed by atoms with E-state index in [9.17, 15) is 9.59 Å². The minimum atomic E-state index is -0.227. The van der Waals surface area contributed by atoms with Crippen LogP contribution >= 0.6 is 0 Å². The Morgan fingerprint density at radius 2 is 2.04 bits per heavy atom. The van der Waals surface area contributed by atoms with Gasteiger partial charge in [0.1, 0.15) is 0 Å². The molecule has 0 unspecified atom stereocenters. The zero-order valence-corrected chi connectivity index (χ0v) is 16.1. The fourth-order valence-corrected chi connectivity index (χ4v) is 4.35. The first-order valence-electron chi connectivity index (χ1n) is 9.44. The number of aromatic nitrogens is 1. The van der Waals surface area contributed by atoms with E-state index in [1.54, 1.807) is 0 Å². The lowest BCUT2D eigenvalue weighted by Gasteiger charge is -2.33. The molecular formula is C21H27N3O2. The summed E-state index contributed by atoms with van der Waals surface area (Å²) in [5.74, 6) is 0.00392. The van der Waals surface area contributed by atoms with Gasteiger partial charge in [0, 0.05) is 60.2 Å². The van der Waals surface area contributed by atoms with E-state index in [0.717, 1.165) is 13.0 Å². The van der Waals surface area contributed by atoms with E-state index in [4.69, 9.17) is 0 Å². The number of H-pyrrole nitrogens is 1. The number of likely N-dealkylation sites (tertiary alicyclic amines) is 1. The molecule has 138 valence electrons. The van der Waals surface area contributed by atoms with E-state index in [1.807, 2.05) is 30.6 Å². The lowest BCUT2D eigenvalue weighted by molar-refractivity contribution is -0.136. The van der Waals surface area contributed by atoms with Crippen LogP contribution in [0.3, 0.4) is 0 Å². The van der Waals surface area contributed by atoms with E-state index in [0.29, 0.717) is 19.5 Å². The van der Waals surface area contributed by atoms with Gasteiger partial charge >= 0.3 is 0 Å². The fraction of sp³-hybridized carbons (Fsp3) is 0.524. The first-order chi connectivity index (χ1) is 12.3. The molecule has 0 radical (unpaired) electrons. The van der Waals surface area contributed by atoms with Crippen molar-refractivity contribution in [3.05, 3.63) is 35.0 Å². The van der Waals surface area contributed by atoms with Crippen LogP contribution in [0.5, 0.6) is 0 Å². The molecule has 4 rings (SSSR count). The summed E-state index contributed by atoms with van der Waals surface area (Å²) in [7, 11) is 0. The summed E-state index contributed by atoms with van der Waals surface area (Å²) in [6.07, 6.45) is 1.19. The van der Waals surface area contributed by atoms with E-state index >= 15 is 0 Å². The van der Waals surface area contributed by atoms with Crippen LogP contribution in [0.25, 0.3) is 10.9 Å². The number of nitrogens with zero attached hydrogens (tertiary/aromatic N) is 2. The molecule has 1 aromatic heterocycles. The lowest BCUT2D eigenvalue weighted by atomic mass is 10.0. The zero-order chi connectivity index (χ0) is 18.6. The average Bonchev–Trinajstić information content (AvgIpc) is 3.15. The molecule has 1 atom stereocenters. The van der Waals surface area contributed by atoms with Crippen molar-refractivity contribution in [3.63, 3.8) is 0 Å². The van der Waals surface area contributed by atoms with Gasteiger partial charge in [-0.2, -0.15) is 0 Å². The highest BCUT2D eigenvalue weighted by molar-refractivity contribution is 5.91. The highest BCUT2D eigenvalue weighted by Crippen LogP contribution is 2.32. The first kappa shape index (κ1) is 17.1. The molecular weight excluding hydrogens is 326 g/mol. The molecule has 1 saturated heterocycles. The molecule has 1 aromatic carbocycles. The summed E-state index contributed by atoms with van der Waals surface area (Å²) in [5, 5.41) is 1.22. The Hall–Kier alpha value is -2.30. The molecule has 0 aliphatic carbocycles. The van der Waals surface area contributed by atoms with Crippen molar-refractivity contribution in [2.45, 2.75) is 52.6 Å². The number of amides is 2. The van der Waals surface area contributed by atoms with Gasteiger partial charge in [-0.15, -0.1) is 0 Å². The minimum Gasteiger partial charge on any atom is -0.358 e. The highest BCUT2D eigenvalue weighted by Gasteiger charge is 2.41. The summed E-state index contributed by atoms with van der Waals surface area (Å²) < 4.78 is 0. The van der Waals surface area contributed by atoms with Crippen molar-refractivity contribution < 1.29 is 9.59 Å². The van der Waals surface area contributed by atoms with Crippen LogP contribution in [-0.2, 0) is 22.6 Å². The van der Waals surface area contributed by atoms with E-state index in [1.165, 1.54) is 27.7 Å². The van der Waals surface area contributed by atoms with Gasteiger partial charge < -0.3 is 14.8 Å². The molecule has 26 heavy (non-hydrogen) atoms. The normalized spacial score (nSPS) is 20.8. The molecule has 0 saturated carbocycles. The van der Waals surface area contributed by atoms with Crippen molar-refractivity contribution >= 4 is 22.7 Å². The number of hydrogen-bond donors (Lipinski definition) is 1. The Bertz CT molecular complexity index is 891. The third kappa shape index (κ3) is 2.70. The number of aromatic amines is 1. The second kappa shape index (κ2) is 5.86. The SMILES string of the molecule is Cc1cccc2c3c([nH]c12)CCN(C(=O)[C@H]1CC(=O)N(C(C)(C)C)C1)C3. The number of rotatable bonds is 1.